The first-order valence-corrected chi connectivity index (χ1v) is 10.7. The van der Waals surface area contributed by atoms with E-state index in [4.69, 9.17) is 4.74 Å². The largest absolute Gasteiger partial charge is 0.466 e. The van der Waals surface area contributed by atoms with Gasteiger partial charge in [-0.3, -0.25) is 19.4 Å². The number of carbonyl (C=O) groups excluding carboxylic acids is 2. The number of ether oxygens (including phenoxy) is 1. The zero-order valence-electron chi connectivity index (χ0n) is 17.4. The van der Waals surface area contributed by atoms with Crippen molar-refractivity contribution in [2.75, 3.05) is 32.8 Å². The van der Waals surface area contributed by atoms with E-state index in [0.29, 0.717) is 13.2 Å². The molecule has 2 aromatic rings. The fourth-order valence-corrected chi connectivity index (χ4v) is 4.55. The fraction of sp³-hybridized carbons (Fsp3) is 0.417. The Bertz CT molecular complexity index is 813. The average molecular weight is 408 g/mol. The molecule has 1 unspecified atom stereocenters. The Labute approximate surface area is 177 Å². The molecular formula is C24H29N3O3. The van der Waals surface area contributed by atoms with Crippen LogP contribution in [0.4, 0.5) is 0 Å². The van der Waals surface area contributed by atoms with Gasteiger partial charge >= 0.3 is 5.97 Å². The van der Waals surface area contributed by atoms with Crippen molar-refractivity contribution in [3.8, 4) is 0 Å². The Balaban J connectivity index is 1.48. The summed E-state index contributed by atoms with van der Waals surface area (Å²) < 4.78 is 5.09. The predicted molar refractivity (Wildman–Crippen MR) is 115 cm³/mol. The second-order valence-electron chi connectivity index (χ2n) is 7.89. The van der Waals surface area contributed by atoms with Gasteiger partial charge in [0.1, 0.15) is 6.04 Å². The van der Waals surface area contributed by atoms with Crippen molar-refractivity contribution in [3.63, 3.8) is 0 Å². The number of likely N-dealkylation sites (tertiary alicyclic amines) is 1. The number of rotatable bonds is 7. The number of nitrogens with one attached hydrogen (secondary N) is 1. The van der Waals surface area contributed by atoms with Crippen molar-refractivity contribution >= 4 is 11.9 Å². The first kappa shape index (κ1) is 20.6. The highest BCUT2D eigenvalue weighted by Crippen LogP contribution is 2.34. The Morgan fingerprint density at radius 1 is 1.07 bits per heavy atom. The molecule has 4 rings (SSSR count). The van der Waals surface area contributed by atoms with Crippen molar-refractivity contribution in [1.29, 1.82) is 0 Å². The van der Waals surface area contributed by atoms with Crippen molar-refractivity contribution in [1.82, 2.24) is 15.1 Å². The molecule has 0 aliphatic carbocycles. The number of carbonyl (C=O) groups is 2. The van der Waals surface area contributed by atoms with E-state index in [-0.39, 0.29) is 30.4 Å². The third-order valence-corrected chi connectivity index (χ3v) is 5.99. The zero-order valence-corrected chi connectivity index (χ0v) is 17.4. The lowest BCUT2D eigenvalue weighted by Gasteiger charge is -2.51. The van der Waals surface area contributed by atoms with Gasteiger partial charge in [0.05, 0.1) is 19.1 Å². The monoisotopic (exact) mass is 407 g/mol. The molecule has 1 amide bonds. The van der Waals surface area contributed by atoms with Crippen LogP contribution >= 0.6 is 0 Å². The topological polar surface area (TPSA) is 61.9 Å². The van der Waals surface area contributed by atoms with E-state index in [0.717, 1.165) is 19.6 Å². The van der Waals surface area contributed by atoms with Crippen LogP contribution in [0.25, 0.3) is 0 Å². The number of benzene rings is 2. The van der Waals surface area contributed by atoms with Crippen LogP contribution < -0.4 is 5.32 Å². The first-order valence-electron chi connectivity index (χ1n) is 10.7. The van der Waals surface area contributed by atoms with Crippen LogP contribution in [0, 0.1) is 0 Å². The quantitative estimate of drug-likeness (QED) is 0.713. The lowest BCUT2D eigenvalue weighted by molar-refractivity contribution is -0.150. The van der Waals surface area contributed by atoms with Crippen LogP contribution in [0.3, 0.4) is 0 Å². The number of esters is 1. The van der Waals surface area contributed by atoms with Gasteiger partial charge in [-0.15, -0.1) is 0 Å². The van der Waals surface area contributed by atoms with Gasteiger partial charge in [0.15, 0.2) is 0 Å². The molecule has 0 bridgehead atoms. The molecule has 2 saturated heterocycles. The number of piperazine rings is 1. The summed E-state index contributed by atoms with van der Waals surface area (Å²) >= 11 is 0. The summed E-state index contributed by atoms with van der Waals surface area (Å²) in [6, 6.07) is 21.1. The van der Waals surface area contributed by atoms with Crippen molar-refractivity contribution in [3.05, 3.63) is 71.8 Å². The van der Waals surface area contributed by atoms with E-state index in [1.807, 2.05) is 12.1 Å². The van der Waals surface area contributed by atoms with Crippen LogP contribution in [0.1, 0.15) is 30.5 Å². The minimum atomic E-state index is -0.447. The van der Waals surface area contributed by atoms with Crippen LogP contribution in [-0.2, 0) is 14.3 Å². The molecule has 158 valence electrons. The smallest absolute Gasteiger partial charge is 0.307 e. The number of hydrogen-bond acceptors (Lipinski definition) is 5. The summed E-state index contributed by atoms with van der Waals surface area (Å²) in [7, 11) is 0. The first-order chi connectivity index (χ1) is 14.7. The van der Waals surface area contributed by atoms with Gasteiger partial charge in [-0.25, -0.2) is 0 Å². The maximum absolute atomic E-state index is 12.5. The highest BCUT2D eigenvalue weighted by molar-refractivity contribution is 5.87. The Morgan fingerprint density at radius 3 is 2.23 bits per heavy atom. The SMILES string of the molecule is CCOC(=O)CC1C(=O)NCCN1C1CN(C(c2ccccc2)c2ccccc2)C1. The molecule has 6 heteroatoms. The lowest BCUT2D eigenvalue weighted by Crippen LogP contribution is -2.67. The maximum Gasteiger partial charge on any atom is 0.307 e. The van der Waals surface area contributed by atoms with Gasteiger partial charge in [0.25, 0.3) is 0 Å². The van der Waals surface area contributed by atoms with Crippen molar-refractivity contribution in [2.24, 2.45) is 0 Å². The maximum atomic E-state index is 12.5. The van der Waals surface area contributed by atoms with Gasteiger partial charge in [-0.05, 0) is 18.1 Å². The third-order valence-electron chi connectivity index (χ3n) is 5.99. The summed E-state index contributed by atoms with van der Waals surface area (Å²) in [5.41, 5.74) is 2.53. The van der Waals surface area contributed by atoms with E-state index in [1.165, 1.54) is 11.1 Å². The standard InChI is InChI=1S/C24H29N3O3/c1-2-30-22(28)15-21-24(29)25-13-14-27(21)20-16-26(17-20)23(18-9-5-3-6-10-18)19-11-7-4-8-12-19/h3-12,20-21,23H,2,13-17H2,1H3,(H,25,29). The fourth-order valence-electron chi connectivity index (χ4n) is 4.55. The van der Waals surface area contributed by atoms with Crippen LogP contribution in [0.5, 0.6) is 0 Å². The molecule has 6 nitrogen and oxygen atoms in total. The normalized spacial score (nSPS) is 20.6. The lowest BCUT2D eigenvalue weighted by atomic mass is 9.91. The molecule has 2 aliphatic rings. The van der Waals surface area contributed by atoms with Crippen LogP contribution in [0.2, 0.25) is 0 Å². The molecule has 0 spiro atoms. The van der Waals surface area contributed by atoms with Gasteiger partial charge in [-0.1, -0.05) is 60.7 Å². The summed E-state index contributed by atoms with van der Waals surface area (Å²) in [5.74, 6) is -0.386. The molecule has 0 radical (unpaired) electrons. The molecule has 2 aromatic carbocycles. The van der Waals surface area contributed by atoms with Gasteiger partial charge < -0.3 is 10.1 Å². The average Bonchev–Trinajstić information content (AvgIpc) is 2.73. The van der Waals surface area contributed by atoms with E-state index in [1.54, 1.807) is 6.92 Å². The van der Waals surface area contributed by atoms with Crippen LogP contribution in [0.15, 0.2) is 60.7 Å². The molecule has 0 saturated carbocycles. The molecule has 30 heavy (non-hydrogen) atoms. The molecule has 1 atom stereocenters. The number of nitrogens with zero attached hydrogens (tertiary/aromatic N) is 2. The van der Waals surface area contributed by atoms with Crippen molar-refractivity contribution < 1.29 is 14.3 Å². The highest BCUT2D eigenvalue weighted by Gasteiger charge is 2.43. The van der Waals surface area contributed by atoms with E-state index >= 15 is 0 Å². The summed E-state index contributed by atoms with van der Waals surface area (Å²) in [4.78, 5) is 29.1. The predicted octanol–water partition coefficient (Wildman–Crippen LogP) is 2.21. The molecular weight excluding hydrogens is 378 g/mol. The summed E-state index contributed by atoms with van der Waals surface area (Å²) in [5, 5.41) is 2.90. The molecule has 2 fully saturated rings. The van der Waals surface area contributed by atoms with Crippen LogP contribution in [-0.4, -0.2) is 66.5 Å². The second kappa shape index (κ2) is 9.41. The minimum Gasteiger partial charge on any atom is -0.466 e. The van der Waals surface area contributed by atoms with Gasteiger partial charge in [-0.2, -0.15) is 0 Å². The molecule has 2 heterocycles. The molecule has 0 aromatic heterocycles. The molecule has 1 N–H and O–H groups in total. The second-order valence-corrected chi connectivity index (χ2v) is 7.89. The van der Waals surface area contributed by atoms with Crippen molar-refractivity contribution in [2.45, 2.75) is 31.5 Å². The molecule has 2 aliphatic heterocycles. The summed E-state index contributed by atoms with van der Waals surface area (Å²) in [6.07, 6.45) is 0.108. The number of hydrogen-bond donors (Lipinski definition) is 1. The number of amides is 1. The van der Waals surface area contributed by atoms with Gasteiger partial charge in [0.2, 0.25) is 5.91 Å². The van der Waals surface area contributed by atoms with E-state index in [2.05, 4.69) is 63.6 Å². The Hall–Kier alpha value is -2.70. The summed E-state index contributed by atoms with van der Waals surface area (Å²) in [6.45, 7) is 5.22. The zero-order chi connectivity index (χ0) is 20.9. The third kappa shape index (κ3) is 4.40. The van der Waals surface area contributed by atoms with E-state index < -0.39 is 6.04 Å². The Kier molecular flexibility index (Phi) is 6.45. The Morgan fingerprint density at radius 2 is 1.67 bits per heavy atom. The highest BCUT2D eigenvalue weighted by atomic mass is 16.5. The minimum absolute atomic E-state index is 0.0737. The van der Waals surface area contributed by atoms with E-state index in [9.17, 15) is 9.59 Å². The van der Waals surface area contributed by atoms with Gasteiger partial charge in [0, 0.05) is 32.2 Å².